The lowest BCUT2D eigenvalue weighted by Crippen LogP contribution is -2.64. The van der Waals surface area contributed by atoms with E-state index in [1.54, 1.807) is 4.90 Å². The maximum Gasteiger partial charge on any atom is 0.410 e. The van der Waals surface area contributed by atoms with Crippen molar-refractivity contribution in [1.82, 2.24) is 10.2 Å². The zero-order chi connectivity index (χ0) is 24.8. The Morgan fingerprint density at radius 2 is 1.66 bits per heavy atom. The Balaban J connectivity index is 1.16. The van der Waals surface area contributed by atoms with Crippen molar-refractivity contribution >= 4 is 18.2 Å². The molecule has 35 heavy (non-hydrogen) atoms. The SMILES string of the molecule is CC(C)(C)OC(=O)N1CC2(CC(=O)OC2CNC(=O)OCC2c3ccccc3-c3ccccc32)C1. The van der Waals surface area contributed by atoms with E-state index < -0.39 is 29.3 Å². The molecule has 2 fully saturated rings. The van der Waals surface area contributed by atoms with Crippen molar-refractivity contribution in [3.8, 4) is 11.1 Å². The van der Waals surface area contributed by atoms with Gasteiger partial charge in [-0.3, -0.25) is 4.79 Å². The van der Waals surface area contributed by atoms with E-state index in [0.717, 1.165) is 22.3 Å². The topological polar surface area (TPSA) is 94.2 Å². The van der Waals surface area contributed by atoms with Crippen LogP contribution in [0.1, 0.15) is 44.2 Å². The summed E-state index contributed by atoms with van der Waals surface area (Å²) in [6, 6.07) is 16.3. The molecule has 2 amide bonds. The first-order chi connectivity index (χ1) is 16.7. The molecule has 0 bridgehead atoms. The van der Waals surface area contributed by atoms with Gasteiger partial charge in [0.25, 0.3) is 0 Å². The van der Waals surface area contributed by atoms with Crippen LogP contribution in [0.25, 0.3) is 11.1 Å². The summed E-state index contributed by atoms with van der Waals surface area (Å²) < 4.78 is 16.5. The summed E-state index contributed by atoms with van der Waals surface area (Å²) in [6.45, 7) is 6.47. The van der Waals surface area contributed by atoms with Crippen LogP contribution in [0, 0.1) is 5.41 Å². The molecular formula is C27H30N2O6. The summed E-state index contributed by atoms with van der Waals surface area (Å²) >= 11 is 0. The van der Waals surface area contributed by atoms with Gasteiger partial charge in [-0.15, -0.1) is 0 Å². The second-order valence-corrected chi connectivity index (χ2v) is 10.6. The molecule has 184 valence electrons. The summed E-state index contributed by atoms with van der Waals surface area (Å²) in [5.74, 6) is -0.356. The number of carbonyl (C=O) groups is 3. The smallest absolute Gasteiger partial charge is 0.410 e. The highest BCUT2D eigenvalue weighted by Gasteiger charge is 2.58. The molecule has 0 aromatic heterocycles. The van der Waals surface area contributed by atoms with Crippen LogP contribution in [0.5, 0.6) is 0 Å². The van der Waals surface area contributed by atoms with Crippen LogP contribution < -0.4 is 5.32 Å². The third-order valence-corrected chi connectivity index (χ3v) is 6.89. The molecule has 8 heteroatoms. The summed E-state index contributed by atoms with van der Waals surface area (Å²) in [5, 5.41) is 2.75. The van der Waals surface area contributed by atoms with Gasteiger partial charge in [-0.1, -0.05) is 48.5 Å². The summed E-state index contributed by atoms with van der Waals surface area (Å²) in [7, 11) is 0. The van der Waals surface area contributed by atoms with Gasteiger partial charge in [0.05, 0.1) is 18.4 Å². The number of hydrogen-bond acceptors (Lipinski definition) is 6. The predicted octanol–water partition coefficient (Wildman–Crippen LogP) is 4.08. The lowest BCUT2D eigenvalue weighted by molar-refractivity contribution is -0.142. The predicted molar refractivity (Wildman–Crippen MR) is 128 cm³/mol. The van der Waals surface area contributed by atoms with E-state index in [0.29, 0.717) is 13.1 Å². The van der Waals surface area contributed by atoms with Gasteiger partial charge in [-0.05, 0) is 43.0 Å². The number of ether oxygens (including phenoxy) is 3. The number of amides is 2. The first kappa shape index (κ1) is 23.2. The Hall–Kier alpha value is -3.55. The van der Waals surface area contributed by atoms with Gasteiger partial charge in [-0.2, -0.15) is 0 Å². The molecule has 1 spiro atoms. The molecule has 1 aliphatic carbocycles. The first-order valence-corrected chi connectivity index (χ1v) is 11.9. The fourth-order valence-electron chi connectivity index (χ4n) is 5.30. The van der Waals surface area contributed by atoms with Gasteiger partial charge in [0.2, 0.25) is 0 Å². The molecule has 2 heterocycles. The number of cyclic esters (lactones) is 1. The monoisotopic (exact) mass is 478 g/mol. The van der Waals surface area contributed by atoms with E-state index >= 15 is 0 Å². The van der Waals surface area contributed by atoms with Gasteiger partial charge in [0, 0.05) is 19.0 Å². The lowest BCUT2D eigenvalue weighted by Gasteiger charge is -2.48. The highest BCUT2D eigenvalue weighted by molar-refractivity contribution is 5.79. The number of nitrogens with one attached hydrogen (secondary N) is 1. The largest absolute Gasteiger partial charge is 0.460 e. The number of alkyl carbamates (subject to hydrolysis) is 1. The van der Waals surface area contributed by atoms with Crippen LogP contribution in [0.15, 0.2) is 48.5 Å². The van der Waals surface area contributed by atoms with Gasteiger partial charge in [0.1, 0.15) is 18.3 Å². The lowest BCUT2D eigenvalue weighted by atomic mass is 9.74. The second kappa shape index (κ2) is 8.59. The van der Waals surface area contributed by atoms with Crippen molar-refractivity contribution in [2.45, 2.75) is 44.8 Å². The molecule has 2 saturated heterocycles. The molecule has 1 atom stereocenters. The Morgan fingerprint density at radius 3 is 2.26 bits per heavy atom. The minimum absolute atomic E-state index is 0.0298. The average molecular weight is 479 g/mol. The van der Waals surface area contributed by atoms with E-state index in [1.807, 2.05) is 45.0 Å². The normalized spacial score (nSPS) is 20.0. The van der Waals surface area contributed by atoms with E-state index in [4.69, 9.17) is 14.2 Å². The molecule has 2 aromatic rings. The zero-order valence-electron chi connectivity index (χ0n) is 20.2. The van der Waals surface area contributed by atoms with Crippen molar-refractivity contribution in [1.29, 1.82) is 0 Å². The van der Waals surface area contributed by atoms with Crippen LogP contribution in [0.2, 0.25) is 0 Å². The van der Waals surface area contributed by atoms with Gasteiger partial charge < -0.3 is 24.4 Å². The molecule has 2 aromatic carbocycles. The van der Waals surface area contributed by atoms with Crippen LogP contribution in [0.3, 0.4) is 0 Å². The molecule has 8 nitrogen and oxygen atoms in total. The Kier molecular flexibility index (Phi) is 5.69. The Morgan fingerprint density at radius 1 is 1.06 bits per heavy atom. The fourth-order valence-corrected chi connectivity index (χ4v) is 5.30. The molecular weight excluding hydrogens is 448 g/mol. The van der Waals surface area contributed by atoms with Crippen LogP contribution in [-0.2, 0) is 19.0 Å². The highest BCUT2D eigenvalue weighted by Crippen LogP contribution is 2.45. The quantitative estimate of drug-likeness (QED) is 0.526. The van der Waals surface area contributed by atoms with Crippen LogP contribution >= 0.6 is 0 Å². The number of benzene rings is 2. The minimum Gasteiger partial charge on any atom is -0.460 e. The summed E-state index contributed by atoms with van der Waals surface area (Å²) in [6.07, 6.45) is -1.28. The highest BCUT2D eigenvalue weighted by atomic mass is 16.6. The van der Waals surface area contributed by atoms with Crippen molar-refractivity contribution in [2.75, 3.05) is 26.2 Å². The van der Waals surface area contributed by atoms with Gasteiger partial charge in [-0.25, -0.2) is 9.59 Å². The minimum atomic E-state index is -0.590. The molecule has 0 saturated carbocycles. The third-order valence-electron chi connectivity index (χ3n) is 6.89. The van der Waals surface area contributed by atoms with E-state index in [-0.39, 0.29) is 31.5 Å². The van der Waals surface area contributed by atoms with Crippen molar-refractivity contribution < 1.29 is 28.6 Å². The Labute approximate surface area is 204 Å². The maximum atomic E-state index is 12.6. The van der Waals surface area contributed by atoms with Gasteiger partial charge >= 0.3 is 18.2 Å². The second-order valence-electron chi connectivity index (χ2n) is 10.6. The Bertz CT molecular complexity index is 1120. The number of likely N-dealkylation sites (tertiary alicyclic amines) is 1. The number of esters is 1. The maximum absolute atomic E-state index is 12.6. The molecule has 5 rings (SSSR count). The number of hydrogen-bond donors (Lipinski definition) is 1. The number of nitrogens with zero attached hydrogens (tertiary/aromatic N) is 1. The average Bonchev–Trinajstić information content (AvgIpc) is 3.29. The molecule has 1 unspecified atom stereocenters. The van der Waals surface area contributed by atoms with E-state index in [1.165, 1.54) is 0 Å². The molecule has 1 N–H and O–H groups in total. The standard InChI is InChI=1S/C27H30N2O6/c1-26(2,3)35-25(32)29-15-27(16-29)12-23(30)34-22(27)13-28-24(31)33-14-21-19-10-6-4-8-17(19)18-9-5-7-11-20(18)21/h4-11,21-22H,12-16H2,1-3H3,(H,28,31). The summed E-state index contributed by atoms with van der Waals surface area (Å²) in [4.78, 5) is 38.5. The number of carbonyl (C=O) groups excluding carboxylic acids is 3. The van der Waals surface area contributed by atoms with Gasteiger partial charge in [0.15, 0.2) is 0 Å². The van der Waals surface area contributed by atoms with Crippen LogP contribution in [-0.4, -0.2) is 61.0 Å². The van der Waals surface area contributed by atoms with Crippen molar-refractivity contribution in [2.24, 2.45) is 5.41 Å². The van der Waals surface area contributed by atoms with Crippen molar-refractivity contribution in [3.63, 3.8) is 0 Å². The summed E-state index contributed by atoms with van der Waals surface area (Å²) in [5.41, 5.74) is 3.51. The number of fused-ring (bicyclic) bond motifs is 3. The molecule has 0 radical (unpaired) electrons. The third kappa shape index (κ3) is 4.45. The first-order valence-electron chi connectivity index (χ1n) is 11.9. The van der Waals surface area contributed by atoms with Crippen LogP contribution in [0.4, 0.5) is 9.59 Å². The fraction of sp³-hybridized carbons (Fsp3) is 0.444. The number of rotatable bonds is 4. The van der Waals surface area contributed by atoms with E-state index in [2.05, 4.69) is 29.6 Å². The van der Waals surface area contributed by atoms with E-state index in [9.17, 15) is 14.4 Å². The molecule has 3 aliphatic rings. The van der Waals surface area contributed by atoms with Crippen molar-refractivity contribution in [3.05, 3.63) is 59.7 Å². The zero-order valence-corrected chi connectivity index (χ0v) is 20.2. The molecule has 2 aliphatic heterocycles.